The Morgan fingerprint density at radius 1 is 1.41 bits per heavy atom. The van der Waals surface area contributed by atoms with Crippen molar-refractivity contribution in [3.8, 4) is 0 Å². The van der Waals surface area contributed by atoms with Gasteiger partial charge in [0, 0.05) is 5.69 Å². The van der Waals surface area contributed by atoms with Gasteiger partial charge in [0.1, 0.15) is 5.25 Å². The molecule has 0 bridgehead atoms. The number of nitrogens with one attached hydrogen (secondary N) is 1. The van der Waals surface area contributed by atoms with Crippen molar-refractivity contribution in [1.29, 1.82) is 0 Å². The molecule has 118 valence electrons. The molecule has 0 aliphatic heterocycles. The summed E-state index contributed by atoms with van der Waals surface area (Å²) in [5, 5.41) is 11.9. The van der Waals surface area contributed by atoms with Crippen LogP contribution in [0.4, 0.5) is 10.8 Å². The van der Waals surface area contributed by atoms with Crippen molar-refractivity contribution in [3.63, 3.8) is 0 Å². The molecule has 22 heavy (non-hydrogen) atoms. The summed E-state index contributed by atoms with van der Waals surface area (Å²) in [6, 6.07) is 6.09. The molecule has 0 amide bonds. The molecule has 0 aliphatic carbocycles. The zero-order valence-corrected chi connectivity index (χ0v) is 14.7. The third-order valence-electron chi connectivity index (χ3n) is 3.15. The summed E-state index contributed by atoms with van der Waals surface area (Å²) >= 11 is 2.79. The Labute approximate surface area is 138 Å². The molecule has 1 unspecified atom stereocenters. The van der Waals surface area contributed by atoms with Crippen LogP contribution in [0.2, 0.25) is 0 Å². The largest absolute Gasteiger partial charge is 0.465 e. The number of hydrogen-bond acceptors (Lipinski definition) is 7. The fourth-order valence-corrected chi connectivity index (χ4v) is 3.68. The summed E-state index contributed by atoms with van der Waals surface area (Å²) in [6.45, 7) is 8.13. The van der Waals surface area contributed by atoms with E-state index in [0.717, 1.165) is 10.0 Å². The van der Waals surface area contributed by atoms with E-state index in [4.69, 9.17) is 4.74 Å². The number of esters is 1. The third-order valence-corrected chi connectivity index (χ3v) is 5.15. The van der Waals surface area contributed by atoms with Crippen molar-refractivity contribution in [2.24, 2.45) is 0 Å². The van der Waals surface area contributed by atoms with E-state index in [1.807, 2.05) is 19.1 Å². The van der Waals surface area contributed by atoms with Crippen LogP contribution in [0.3, 0.4) is 0 Å². The Morgan fingerprint density at radius 3 is 2.91 bits per heavy atom. The van der Waals surface area contributed by atoms with Gasteiger partial charge in [-0.15, -0.1) is 10.2 Å². The number of nitrogens with zero attached hydrogens (tertiary/aromatic N) is 2. The number of aryl methyl sites for hydroxylation is 1. The van der Waals surface area contributed by atoms with Gasteiger partial charge in [0.2, 0.25) is 5.13 Å². The molecule has 0 saturated carbocycles. The average molecular weight is 337 g/mol. The highest BCUT2D eigenvalue weighted by molar-refractivity contribution is 8.02. The smallest absolute Gasteiger partial charge is 0.319 e. The summed E-state index contributed by atoms with van der Waals surface area (Å²) in [5.74, 6) is -0.230. The second-order valence-electron chi connectivity index (χ2n) is 4.76. The van der Waals surface area contributed by atoms with Crippen LogP contribution in [0.1, 0.15) is 25.0 Å². The molecule has 5 nitrogen and oxygen atoms in total. The Morgan fingerprint density at radius 2 is 2.18 bits per heavy atom. The lowest BCUT2D eigenvalue weighted by atomic mass is 10.1. The minimum absolute atomic E-state index is 0.230. The molecule has 7 heteroatoms. The summed E-state index contributed by atoms with van der Waals surface area (Å²) in [6.07, 6.45) is 0. The molecule has 1 aromatic heterocycles. The van der Waals surface area contributed by atoms with Crippen molar-refractivity contribution in [2.75, 3.05) is 11.9 Å². The topological polar surface area (TPSA) is 64.1 Å². The first-order chi connectivity index (χ1) is 10.5. The maximum absolute atomic E-state index is 11.6. The van der Waals surface area contributed by atoms with Crippen LogP contribution >= 0.6 is 23.1 Å². The second-order valence-corrected chi connectivity index (χ2v) is 7.32. The SMILES string of the molecule is CCOC(=O)C(C)Sc1nnc(Nc2cccc(C)c2C)s1. The molecule has 1 aromatic carbocycles. The maximum Gasteiger partial charge on any atom is 0.319 e. The number of thioether (sulfide) groups is 1. The van der Waals surface area contributed by atoms with E-state index in [1.165, 1.54) is 34.2 Å². The number of ether oxygens (including phenoxy) is 1. The molecular weight excluding hydrogens is 318 g/mol. The van der Waals surface area contributed by atoms with Crippen molar-refractivity contribution >= 4 is 39.9 Å². The van der Waals surface area contributed by atoms with Crippen LogP contribution in [0.15, 0.2) is 22.5 Å². The fourth-order valence-electron chi connectivity index (χ4n) is 1.77. The third kappa shape index (κ3) is 4.20. The highest BCUT2D eigenvalue weighted by Crippen LogP contribution is 2.31. The quantitative estimate of drug-likeness (QED) is 0.636. The number of rotatable bonds is 6. The van der Waals surface area contributed by atoms with Crippen LogP contribution in [-0.4, -0.2) is 28.0 Å². The summed E-state index contributed by atoms with van der Waals surface area (Å²) in [7, 11) is 0. The maximum atomic E-state index is 11.6. The summed E-state index contributed by atoms with van der Waals surface area (Å²) < 4.78 is 5.73. The molecular formula is C15H19N3O2S2. The van der Waals surface area contributed by atoms with Crippen LogP contribution in [0, 0.1) is 13.8 Å². The van der Waals surface area contributed by atoms with Crippen molar-refractivity contribution < 1.29 is 9.53 Å². The number of aromatic nitrogens is 2. The summed E-state index contributed by atoms with van der Waals surface area (Å²) in [4.78, 5) is 11.6. The van der Waals surface area contributed by atoms with E-state index < -0.39 is 0 Å². The minimum Gasteiger partial charge on any atom is -0.465 e. The van der Waals surface area contributed by atoms with E-state index in [9.17, 15) is 4.79 Å². The van der Waals surface area contributed by atoms with E-state index in [2.05, 4.69) is 35.4 Å². The minimum atomic E-state index is -0.290. The molecule has 0 spiro atoms. The molecule has 1 heterocycles. The first-order valence-electron chi connectivity index (χ1n) is 7.01. The van der Waals surface area contributed by atoms with Gasteiger partial charge < -0.3 is 10.1 Å². The molecule has 0 radical (unpaired) electrons. The van der Waals surface area contributed by atoms with Gasteiger partial charge in [-0.1, -0.05) is 35.2 Å². The van der Waals surface area contributed by atoms with Crippen molar-refractivity contribution in [2.45, 2.75) is 37.3 Å². The predicted molar refractivity (Wildman–Crippen MR) is 91.1 cm³/mol. The summed E-state index contributed by atoms with van der Waals surface area (Å²) in [5.41, 5.74) is 3.43. The zero-order chi connectivity index (χ0) is 16.1. The zero-order valence-electron chi connectivity index (χ0n) is 13.0. The van der Waals surface area contributed by atoms with Gasteiger partial charge in [0.05, 0.1) is 6.61 Å². The molecule has 2 rings (SSSR count). The van der Waals surface area contributed by atoms with Crippen LogP contribution in [0.25, 0.3) is 0 Å². The first kappa shape index (κ1) is 16.8. The normalized spacial score (nSPS) is 12.0. The molecule has 2 aromatic rings. The van der Waals surface area contributed by atoms with E-state index in [0.29, 0.717) is 11.7 Å². The molecule has 1 atom stereocenters. The van der Waals surface area contributed by atoms with E-state index in [1.54, 1.807) is 6.92 Å². The monoisotopic (exact) mass is 337 g/mol. The van der Waals surface area contributed by atoms with Crippen molar-refractivity contribution in [1.82, 2.24) is 10.2 Å². The second kappa shape index (κ2) is 7.60. The Kier molecular flexibility index (Phi) is 5.79. The predicted octanol–water partition coefficient (Wildman–Crippen LogP) is 3.94. The number of carbonyl (C=O) groups excluding carboxylic acids is 1. The van der Waals surface area contributed by atoms with E-state index in [-0.39, 0.29) is 11.2 Å². The Balaban J connectivity index is 2.02. The fraction of sp³-hybridized carbons (Fsp3) is 0.400. The first-order valence-corrected chi connectivity index (χ1v) is 8.71. The van der Waals surface area contributed by atoms with Gasteiger partial charge >= 0.3 is 5.97 Å². The molecule has 1 N–H and O–H groups in total. The van der Waals surface area contributed by atoms with Gasteiger partial charge in [-0.05, 0) is 44.9 Å². The molecule has 0 saturated heterocycles. The number of carbonyl (C=O) groups is 1. The lowest BCUT2D eigenvalue weighted by Gasteiger charge is -2.08. The van der Waals surface area contributed by atoms with Gasteiger partial charge in [0.15, 0.2) is 4.34 Å². The van der Waals surface area contributed by atoms with Crippen LogP contribution in [0.5, 0.6) is 0 Å². The average Bonchev–Trinajstić information content (AvgIpc) is 2.91. The molecule has 0 aliphatic rings. The number of hydrogen-bond donors (Lipinski definition) is 1. The van der Waals surface area contributed by atoms with Crippen molar-refractivity contribution in [3.05, 3.63) is 29.3 Å². The Hall–Kier alpha value is -1.60. The Bertz CT molecular complexity index is 658. The highest BCUT2D eigenvalue weighted by Gasteiger charge is 2.18. The van der Waals surface area contributed by atoms with Crippen LogP contribution < -0.4 is 5.32 Å². The van der Waals surface area contributed by atoms with Crippen LogP contribution in [-0.2, 0) is 9.53 Å². The number of anilines is 2. The van der Waals surface area contributed by atoms with Gasteiger partial charge in [0.25, 0.3) is 0 Å². The standard InChI is InChI=1S/C15H19N3O2S2/c1-5-20-13(19)11(4)21-15-18-17-14(22-15)16-12-8-6-7-9(2)10(12)3/h6-8,11H,5H2,1-4H3,(H,16,17). The van der Waals surface area contributed by atoms with Gasteiger partial charge in [-0.2, -0.15) is 0 Å². The van der Waals surface area contributed by atoms with Gasteiger partial charge in [-0.25, -0.2) is 0 Å². The lowest BCUT2D eigenvalue weighted by molar-refractivity contribution is -0.142. The number of benzene rings is 1. The highest BCUT2D eigenvalue weighted by atomic mass is 32.2. The molecule has 0 fully saturated rings. The lowest BCUT2D eigenvalue weighted by Crippen LogP contribution is -2.16. The van der Waals surface area contributed by atoms with Gasteiger partial charge in [-0.3, -0.25) is 4.79 Å². The van der Waals surface area contributed by atoms with E-state index >= 15 is 0 Å².